The van der Waals surface area contributed by atoms with E-state index in [1.807, 2.05) is 29.5 Å². The fourth-order valence-corrected chi connectivity index (χ4v) is 3.69. The molecule has 1 nitrogen and oxygen atoms in total. The summed E-state index contributed by atoms with van der Waals surface area (Å²) < 4.78 is 0. The second-order valence-electron chi connectivity index (χ2n) is 4.71. The molecule has 0 aliphatic rings. The minimum Gasteiger partial charge on any atom is -0.306 e. The summed E-state index contributed by atoms with van der Waals surface area (Å²) in [6, 6.07) is 10.3. The van der Waals surface area contributed by atoms with Crippen LogP contribution in [0.1, 0.15) is 41.6 Å². The number of rotatable bonds is 6. The Morgan fingerprint density at radius 1 is 1.15 bits per heavy atom. The monoisotopic (exact) mass is 327 g/mol. The molecule has 2 aromatic rings. The van der Waals surface area contributed by atoms with E-state index in [-0.39, 0.29) is 6.04 Å². The van der Waals surface area contributed by atoms with Gasteiger partial charge in [0, 0.05) is 19.8 Å². The first-order valence-electron chi connectivity index (χ1n) is 6.92. The molecule has 1 N–H and O–H groups in total. The average molecular weight is 328 g/mol. The molecule has 1 heterocycles. The van der Waals surface area contributed by atoms with Crippen LogP contribution in [0.3, 0.4) is 0 Å². The van der Waals surface area contributed by atoms with Crippen molar-refractivity contribution in [2.45, 2.75) is 32.7 Å². The molecule has 0 fully saturated rings. The summed E-state index contributed by atoms with van der Waals surface area (Å²) in [7, 11) is 0. The molecule has 0 saturated carbocycles. The third kappa shape index (κ3) is 3.76. The first-order valence-corrected chi connectivity index (χ1v) is 8.49. The lowest BCUT2D eigenvalue weighted by molar-refractivity contribution is 0.606. The fourth-order valence-electron chi connectivity index (χ4n) is 2.13. The van der Waals surface area contributed by atoms with Crippen LogP contribution >= 0.6 is 34.5 Å². The molecule has 2 rings (SSSR count). The molecule has 108 valence electrons. The van der Waals surface area contributed by atoms with Crippen LogP contribution < -0.4 is 5.32 Å². The Kier molecular flexibility index (Phi) is 5.91. The van der Waals surface area contributed by atoms with Crippen molar-refractivity contribution in [3.63, 3.8) is 0 Å². The predicted octanol–water partition coefficient (Wildman–Crippen LogP) is 5.71. The van der Waals surface area contributed by atoms with Gasteiger partial charge in [0.1, 0.15) is 0 Å². The van der Waals surface area contributed by atoms with Crippen LogP contribution in [0.5, 0.6) is 0 Å². The van der Waals surface area contributed by atoms with Gasteiger partial charge in [-0.1, -0.05) is 43.1 Å². The minimum absolute atomic E-state index is 0.144. The fraction of sp³-hybridized carbons (Fsp3) is 0.375. The highest BCUT2D eigenvalue weighted by atomic mass is 35.5. The van der Waals surface area contributed by atoms with Crippen molar-refractivity contribution in [1.82, 2.24) is 5.32 Å². The van der Waals surface area contributed by atoms with E-state index in [4.69, 9.17) is 23.2 Å². The van der Waals surface area contributed by atoms with E-state index in [0.717, 1.165) is 30.0 Å². The van der Waals surface area contributed by atoms with E-state index in [2.05, 4.69) is 31.3 Å². The third-order valence-electron chi connectivity index (χ3n) is 3.19. The largest absolute Gasteiger partial charge is 0.306 e. The molecule has 0 aliphatic carbocycles. The summed E-state index contributed by atoms with van der Waals surface area (Å²) in [4.78, 5) is 2.70. The van der Waals surface area contributed by atoms with Crippen LogP contribution in [-0.2, 0) is 6.42 Å². The van der Waals surface area contributed by atoms with Gasteiger partial charge in [0.05, 0.1) is 6.04 Å². The van der Waals surface area contributed by atoms with Gasteiger partial charge in [0.15, 0.2) is 0 Å². The van der Waals surface area contributed by atoms with Gasteiger partial charge in [-0.2, -0.15) is 0 Å². The van der Waals surface area contributed by atoms with Crippen molar-refractivity contribution in [2.24, 2.45) is 0 Å². The molecule has 0 bridgehead atoms. The average Bonchev–Trinajstić information content (AvgIpc) is 2.90. The predicted molar refractivity (Wildman–Crippen MR) is 90.3 cm³/mol. The highest BCUT2D eigenvalue weighted by molar-refractivity contribution is 7.12. The quantitative estimate of drug-likeness (QED) is 0.716. The zero-order chi connectivity index (χ0) is 14.5. The Labute approximate surface area is 134 Å². The molecular formula is C16H19Cl2NS. The summed E-state index contributed by atoms with van der Waals surface area (Å²) in [5, 5.41) is 4.98. The molecular weight excluding hydrogens is 309 g/mol. The Hall–Kier alpha value is -0.540. The van der Waals surface area contributed by atoms with Crippen LogP contribution in [0.15, 0.2) is 30.3 Å². The Balaban J connectivity index is 2.35. The molecule has 0 amide bonds. The van der Waals surface area contributed by atoms with E-state index in [9.17, 15) is 0 Å². The highest BCUT2D eigenvalue weighted by Crippen LogP contribution is 2.34. The van der Waals surface area contributed by atoms with Gasteiger partial charge in [0.25, 0.3) is 0 Å². The zero-order valence-electron chi connectivity index (χ0n) is 11.7. The van der Waals surface area contributed by atoms with Crippen LogP contribution in [0.4, 0.5) is 0 Å². The number of hydrogen-bond donors (Lipinski definition) is 1. The maximum absolute atomic E-state index is 6.37. The molecule has 20 heavy (non-hydrogen) atoms. The standard InChI is InChI=1S/C16H19Cl2NS/c1-3-9-19-16(15-8-6-12(4-2)20-15)13-7-5-11(17)10-14(13)18/h5-8,10,16,19H,3-4,9H2,1-2H3. The summed E-state index contributed by atoms with van der Waals surface area (Å²) in [5.41, 5.74) is 1.09. The lowest BCUT2D eigenvalue weighted by Gasteiger charge is -2.19. The molecule has 1 aromatic carbocycles. The summed E-state index contributed by atoms with van der Waals surface area (Å²) >= 11 is 14.2. The van der Waals surface area contributed by atoms with Gasteiger partial charge in [-0.15, -0.1) is 11.3 Å². The minimum atomic E-state index is 0.144. The SMILES string of the molecule is CCCNC(c1ccc(CC)s1)c1ccc(Cl)cc1Cl. The van der Waals surface area contributed by atoms with Gasteiger partial charge in [-0.3, -0.25) is 0 Å². The van der Waals surface area contributed by atoms with Crippen molar-refractivity contribution < 1.29 is 0 Å². The van der Waals surface area contributed by atoms with E-state index in [0.29, 0.717) is 5.02 Å². The molecule has 0 aliphatic heterocycles. The van der Waals surface area contributed by atoms with E-state index in [1.165, 1.54) is 9.75 Å². The molecule has 1 aromatic heterocycles. The van der Waals surface area contributed by atoms with E-state index in [1.54, 1.807) is 0 Å². The van der Waals surface area contributed by atoms with Crippen molar-refractivity contribution in [3.8, 4) is 0 Å². The van der Waals surface area contributed by atoms with Crippen molar-refractivity contribution >= 4 is 34.5 Å². The van der Waals surface area contributed by atoms with Crippen LogP contribution in [-0.4, -0.2) is 6.54 Å². The van der Waals surface area contributed by atoms with Crippen molar-refractivity contribution in [2.75, 3.05) is 6.54 Å². The number of nitrogens with one attached hydrogen (secondary N) is 1. The number of hydrogen-bond acceptors (Lipinski definition) is 2. The van der Waals surface area contributed by atoms with Crippen molar-refractivity contribution in [1.29, 1.82) is 0 Å². The van der Waals surface area contributed by atoms with Gasteiger partial charge in [-0.05, 0) is 49.2 Å². The summed E-state index contributed by atoms with van der Waals surface area (Å²) in [6.45, 7) is 5.31. The van der Waals surface area contributed by atoms with Crippen LogP contribution in [0.2, 0.25) is 10.0 Å². The Bertz CT molecular complexity index is 565. The molecule has 4 heteroatoms. The van der Waals surface area contributed by atoms with Crippen molar-refractivity contribution in [3.05, 3.63) is 55.7 Å². The number of halogens is 2. The summed E-state index contributed by atoms with van der Waals surface area (Å²) in [6.07, 6.45) is 2.16. The normalized spacial score (nSPS) is 12.6. The van der Waals surface area contributed by atoms with E-state index < -0.39 is 0 Å². The lowest BCUT2D eigenvalue weighted by atomic mass is 10.0. The smallest absolute Gasteiger partial charge is 0.0685 e. The second-order valence-corrected chi connectivity index (χ2v) is 6.75. The number of thiophene rings is 1. The number of benzene rings is 1. The maximum atomic E-state index is 6.37. The topological polar surface area (TPSA) is 12.0 Å². The molecule has 0 radical (unpaired) electrons. The third-order valence-corrected chi connectivity index (χ3v) is 5.04. The molecule has 1 atom stereocenters. The van der Waals surface area contributed by atoms with Crippen LogP contribution in [0.25, 0.3) is 0 Å². The van der Waals surface area contributed by atoms with Crippen LogP contribution in [0, 0.1) is 0 Å². The maximum Gasteiger partial charge on any atom is 0.0685 e. The Morgan fingerprint density at radius 2 is 1.95 bits per heavy atom. The van der Waals surface area contributed by atoms with Gasteiger partial charge < -0.3 is 5.32 Å². The lowest BCUT2D eigenvalue weighted by Crippen LogP contribution is -2.22. The van der Waals surface area contributed by atoms with Gasteiger partial charge >= 0.3 is 0 Å². The first kappa shape index (κ1) is 15.8. The molecule has 0 saturated heterocycles. The molecule has 0 spiro atoms. The van der Waals surface area contributed by atoms with Gasteiger partial charge in [-0.25, -0.2) is 0 Å². The number of aryl methyl sites for hydroxylation is 1. The summed E-state index contributed by atoms with van der Waals surface area (Å²) in [5.74, 6) is 0. The highest BCUT2D eigenvalue weighted by Gasteiger charge is 2.18. The van der Waals surface area contributed by atoms with E-state index >= 15 is 0 Å². The Morgan fingerprint density at radius 3 is 2.55 bits per heavy atom. The van der Waals surface area contributed by atoms with Gasteiger partial charge in [0.2, 0.25) is 0 Å². The second kappa shape index (κ2) is 7.46. The zero-order valence-corrected chi connectivity index (χ0v) is 14.1. The first-order chi connectivity index (χ1) is 9.65. The molecule has 1 unspecified atom stereocenters.